The van der Waals surface area contributed by atoms with Crippen LogP contribution in [0.3, 0.4) is 0 Å². The van der Waals surface area contributed by atoms with Crippen LogP contribution in [0.5, 0.6) is 5.75 Å². The van der Waals surface area contributed by atoms with Crippen molar-refractivity contribution in [1.29, 1.82) is 0 Å². The Morgan fingerprint density at radius 1 is 1.15 bits per heavy atom. The maximum atomic E-state index is 14.0. The summed E-state index contributed by atoms with van der Waals surface area (Å²) in [6, 6.07) is 5.93. The fourth-order valence-electron chi connectivity index (χ4n) is 4.21. The smallest absolute Gasteiger partial charge is 0.165 e. The molecule has 1 heterocycles. The maximum Gasteiger partial charge on any atom is 0.165 e. The zero-order chi connectivity index (χ0) is 17.9. The first-order valence-electron chi connectivity index (χ1n) is 9.89. The minimum Gasteiger partial charge on any atom is -0.494 e. The van der Waals surface area contributed by atoms with Gasteiger partial charge in [0.05, 0.1) is 25.0 Å². The van der Waals surface area contributed by atoms with Gasteiger partial charge in [-0.2, -0.15) is 0 Å². The molecule has 1 unspecified atom stereocenters. The van der Waals surface area contributed by atoms with E-state index in [1.165, 1.54) is 64.5 Å². The van der Waals surface area contributed by atoms with Crippen LogP contribution in [0.4, 0.5) is 4.39 Å². The Morgan fingerprint density at radius 3 is 2.62 bits per heavy atom. The van der Waals surface area contributed by atoms with E-state index in [9.17, 15) is 4.39 Å². The molecule has 2 saturated carbocycles. The maximum absolute atomic E-state index is 14.0. The van der Waals surface area contributed by atoms with Crippen molar-refractivity contribution in [1.82, 2.24) is 15.3 Å². The van der Waals surface area contributed by atoms with Gasteiger partial charge >= 0.3 is 0 Å². The fraction of sp³-hybridized carbons (Fsp3) is 0.571. The first-order chi connectivity index (χ1) is 12.7. The number of hydrogen-bond donors (Lipinski definition) is 2. The molecule has 2 aromatic rings. The summed E-state index contributed by atoms with van der Waals surface area (Å²) in [6.45, 7) is 0. The first kappa shape index (κ1) is 17.5. The van der Waals surface area contributed by atoms with Crippen LogP contribution in [0.1, 0.15) is 63.2 Å². The number of ether oxygens (including phenoxy) is 1. The lowest BCUT2D eigenvalue weighted by Crippen LogP contribution is -2.41. The molecule has 0 amide bonds. The summed E-state index contributed by atoms with van der Waals surface area (Å²) in [5.41, 5.74) is 1.66. The highest BCUT2D eigenvalue weighted by atomic mass is 19.1. The van der Waals surface area contributed by atoms with E-state index in [0.717, 1.165) is 17.1 Å². The quantitative estimate of drug-likeness (QED) is 0.766. The number of benzene rings is 1. The third kappa shape index (κ3) is 3.63. The van der Waals surface area contributed by atoms with Gasteiger partial charge in [0.15, 0.2) is 11.6 Å². The summed E-state index contributed by atoms with van der Waals surface area (Å²) in [5, 5.41) is 3.85. The highest BCUT2D eigenvalue weighted by Gasteiger charge is 2.31. The van der Waals surface area contributed by atoms with Gasteiger partial charge in [0.1, 0.15) is 5.82 Å². The number of hydrogen-bond acceptors (Lipinski definition) is 3. The van der Waals surface area contributed by atoms with Crippen molar-refractivity contribution < 1.29 is 9.13 Å². The van der Waals surface area contributed by atoms with Gasteiger partial charge in [0.2, 0.25) is 0 Å². The summed E-state index contributed by atoms with van der Waals surface area (Å²) in [7, 11) is 1.48. The second-order valence-corrected chi connectivity index (χ2v) is 7.70. The van der Waals surface area contributed by atoms with E-state index < -0.39 is 0 Å². The number of aromatic amines is 1. The summed E-state index contributed by atoms with van der Waals surface area (Å²) in [5.74, 6) is 1.55. The van der Waals surface area contributed by atoms with Crippen molar-refractivity contribution in [2.45, 2.75) is 63.5 Å². The molecule has 0 bridgehead atoms. The molecule has 4 rings (SSSR count). The predicted octanol–water partition coefficient (Wildman–Crippen LogP) is 4.99. The van der Waals surface area contributed by atoms with Gasteiger partial charge in [-0.3, -0.25) is 0 Å². The molecular weight excluding hydrogens is 329 g/mol. The molecule has 0 spiro atoms. The van der Waals surface area contributed by atoms with E-state index in [4.69, 9.17) is 4.74 Å². The van der Waals surface area contributed by atoms with Gasteiger partial charge in [-0.25, -0.2) is 9.37 Å². The number of halogens is 1. The standard InChI is InChI=1S/C21H28FN3O/c1-26-19-11-10-15(12-17(19)22)18-13-23-21(25-18)20(24-16-8-5-9-16)14-6-3-2-4-7-14/h10-14,16,20,24H,2-9H2,1H3,(H,23,25). The molecule has 2 aliphatic rings. The molecule has 0 aliphatic heterocycles. The lowest BCUT2D eigenvalue weighted by Gasteiger charge is -2.36. The number of nitrogens with zero attached hydrogens (tertiary/aromatic N) is 1. The molecule has 4 nitrogen and oxygen atoms in total. The Labute approximate surface area is 154 Å². The minimum atomic E-state index is -0.349. The number of imidazole rings is 1. The summed E-state index contributed by atoms with van der Waals surface area (Å²) in [4.78, 5) is 8.14. The number of nitrogens with one attached hydrogen (secondary N) is 2. The summed E-state index contributed by atoms with van der Waals surface area (Å²) < 4.78 is 19.1. The Hall–Kier alpha value is -1.88. The molecule has 140 valence electrons. The van der Waals surface area contributed by atoms with E-state index >= 15 is 0 Å². The normalized spacial score (nSPS) is 19.9. The van der Waals surface area contributed by atoms with Crippen LogP contribution in [0, 0.1) is 11.7 Å². The van der Waals surface area contributed by atoms with E-state index in [1.54, 1.807) is 6.07 Å². The van der Waals surface area contributed by atoms with Crippen molar-refractivity contribution in [3.63, 3.8) is 0 Å². The molecule has 2 aliphatic carbocycles. The third-order valence-electron chi connectivity index (χ3n) is 5.99. The van der Waals surface area contributed by atoms with E-state index in [1.807, 2.05) is 12.3 Å². The van der Waals surface area contributed by atoms with Crippen LogP contribution in [0.25, 0.3) is 11.3 Å². The van der Waals surface area contributed by atoms with Gasteiger partial charge in [0.25, 0.3) is 0 Å². The van der Waals surface area contributed by atoms with Gasteiger partial charge in [-0.1, -0.05) is 25.7 Å². The topological polar surface area (TPSA) is 49.9 Å². The zero-order valence-corrected chi connectivity index (χ0v) is 15.4. The van der Waals surface area contributed by atoms with Crippen molar-refractivity contribution in [3.05, 3.63) is 36.0 Å². The molecule has 1 atom stereocenters. The second kappa shape index (κ2) is 7.78. The van der Waals surface area contributed by atoms with Gasteiger partial charge in [0, 0.05) is 11.6 Å². The number of aromatic nitrogens is 2. The van der Waals surface area contributed by atoms with Gasteiger partial charge < -0.3 is 15.0 Å². The zero-order valence-electron chi connectivity index (χ0n) is 15.4. The second-order valence-electron chi connectivity index (χ2n) is 7.70. The van der Waals surface area contributed by atoms with Crippen molar-refractivity contribution in [3.8, 4) is 17.0 Å². The van der Waals surface area contributed by atoms with Crippen molar-refractivity contribution in [2.24, 2.45) is 5.92 Å². The Morgan fingerprint density at radius 2 is 1.96 bits per heavy atom. The summed E-state index contributed by atoms with van der Waals surface area (Å²) >= 11 is 0. The largest absolute Gasteiger partial charge is 0.494 e. The van der Waals surface area contributed by atoms with Gasteiger partial charge in [-0.05, 0) is 49.8 Å². The Balaban J connectivity index is 1.57. The molecule has 2 N–H and O–H groups in total. The molecule has 0 radical (unpaired) electrons. The lowest BCUT2D eigenvalue weighted by molar-refractivity contribution is 0.212. The Bertz CT molecular complexity index is 735. The van der Waals surface area contributed by atoms with Crippen LogP contribution < -0.4 is 10.1 Å². The minimum absolute atomic E-state index is 0.264. The SMILES string of the molecule is COc1ccc(-c2cnc(C(NC3CCC3)C3CCCCC3)[nH]2)cc1F. The molecule has 26 heavy (non-hydrogen) atoms. The monoisotopic (exact) mass is 357 g/mol. The first-order valence-corrected chi connectivity index (χ1v) is 9.89. The van der Waals surface area contributed by atoms with Crippen LogP contribution in [-0.4, -0.2) is 23.1 Å². The van der Waals surface area contributed by atoms with E-state index in [2.05, 4.69) is 15.3 Å². The predicted molar refractivity (Wildman–Crippen MR) is 101 cm³/mol. The number of H-pyrrole nitrogens is 1. The third-order valence-corrected chi connectivity index (χ3v) is 5.99. The molecule has 1 aromatic heterocycles. The molecule has 2 fully saturated rings. The highest BCUT2D eigenvalue weighted by Crippen LogP contribution is 2.36. The molecule has 5 heteroatoms. The fourth-order valence-corrected chi connectivity index (χ4v) is 4.21. The summed E-state index contributed by atoms with van der Waals surface area (Å²) in [6.07, 6.45) is 12.2. The van der Waals surface area contributed by atoms with Crippen LogP contribution in [-0.2, 0) is 0 Å². The average molecular weight is 357 g/mol. The van der Waals surface area contributed by atoms with Crippen LogP contribution in [0.2, 0.25) is 0 Å². The van der Waals surface area contributed by atoms with Gasteiger partial charge in [-0.15, -0.1) is 0 Å². The molecular formula is C21H28FN3O. The molecule has 0 saturated heterocycles. The van der Waals surface area contributed by atoms with E-state index in [-0.39, 0.29) is 17.6 Å². The highest BCUT2D eigenvalue weighted by molar-refractivity contribution is 5.60. The Kier molecular flexibility index (Phi) is 5.25. The van der Waals surface area contributed by atoms with Crippen molar-refractivity contribution in [2.75, 3.05) is 7.11 Å². The lowest BCUT2D eigenvalue weighted by atomic mass is 9.82. The van der Waals surface area contributed by atoms with Crippen LogP contribution in [0.15, 0.2) is 24.4 Å². The number of methoxy groups -OCH3 is 1. The molecule has 1 aromatic carbocycles. The number of rotatable bonds is 6. The van der Waals surface area contributed by atoms with Crippen LogP contribution >= 0.6 is 0 Å². The van der Waals surface area contributed by atoms with Crippen molar-refractivity contribution >= 4 is 0 Å². The van der Waals surface area contributed by atoms with E-state index in [0.29, 0.717) is 12.0 Å². The average Bonchev–Trinajstić information content (AvgIpc) is 3.11.